The first kappa shape index (κ1) is 9.28. The molecule has 0 aliphatic heterocycles. The molecule has 0 atom stereocenters. The molecule has 0 heterocycles. The van der Waals surface area contributed by atoms with Crippen molar-refractivity contribution in [3.63, 3.8) is 0 Å². The van der Waals surface area contributed by atoms with Crippen molar-refractivity contribution in [2.75, 3.05) is 0 Å². The molecule has 0 amide bonds. The molecule has 0 aromatic carbocycles. The van der Waals surface area contributed by atoms with Gasteiger partial charge in [-0.2, -0.15) is 0 Å². The highest BCUT2D eigenvalue weighted by Gasteiger charge is 2.10. The van der Waals surface area contributed by atoms with E-state index in [9.17, 15) is 0 Å². The van der Waals surface area contributed by atoms with E-state index in [2.05, 4.69) is 27.7 Å². The van der Waals surface area contributed by atoms with Crippen LogP contribution in [-0.2, 0) is 0 Å². The van der Waals surface area contributed by atoms with Crippen LogP contribution in [0.3, 0.4) is 0 Å². The molecular formula is C9H16O. The molecule has 10 heavy (non-hydrogen) atoms. The second kappa shape index (κ2) is 3.45. The first-order chi connectivity index (χ1) is 4.48. The van der Waals surface area contributed by atoms with Crippen molar-refractivity contribution in [1.29, 1.82) is 0 Å². The minimum absolute atomic E-state index is 0.208. The molecule has 0 unspecified atom stereocenters. The van der Waals surface area contributed by atoms with E-state index in [0.717, 1.165) is 6.26 Å². The smallest absolute Gasteiger partial charge is 0.0791 e. The number of aliphatic hydroxyl groups is 1. The van der Waals surface area contributed by atoms with Gasteiger partial charge in [-0.15, -0.1) is 0 Å². The number of aliphatic hydroxyl groups excluding tert-OH is 1. The number of hydrogen-bond donors (Lipinski definition) is 1. The fourth-order valence-corrected chi connectivity index (χ4v) is 0.437. The van der Waals surface area contributed by atoms with Crippen LogP contribution in [0.1, 0.15) is 27.7 Å². The standard InChI is InChI=1S/C9H16O/c1-8(6-5-7-10)9(2,3)4/h5-7,10H,1-4H3/b7-5+,8-6+. The van der Waals surface area contributed by atoms with Gasteiger partial charge in [-0.3, -0.25) is 0 Å². The van der Waals surface area contributed by atoms with E-state index in [1.165, 1.54) is 5.57 Å². The summed E-state index contributed by atoms with van der Waals surface area (Å²) >= 11 is 0. The van der Waals surface area contributed by atoms with Crippen LogP contribution in [0.5, 0.6) is 0 Å². The number of rotatable bonds is 1. The van der Waals surface area contributed by atoms with Gasteiger partial charge in [0.15, 0.2) is 0 Å². The van der Waals surface area contributed by atoms with Crippen molar-refractivity contribution >= 4 is 0 Å². The number of hydrogen-bond acceptors (Lipinski definition) is 1. The van der Waals surface area contributed by atoms with Crippen LogP contribution in [0.2, 0.25) is 0 Å². The summed E-state index contributed by atoms with van der Waals surface area (Å²) < 4.78 is 0. The summed E-state index contributed by atoms with van der Waals surface area (Å²) in [5.41, 5.74) is 1.47. The minimum Gasteiger partial charge on any atom is -0.516 e. The quantitative estimate of drug-likeness (QED) is 0.438. The second-order valence-electron chi connectivity index (χ2n) is 3.44. The van der Waals surface area contributed by atoms with Crippen molar-refractivity contribution < 1.29 is 5.11 Å². The molecule has 0 spiro atoms. The fraction of sp³-hybridized carbons (Fsp3) is 0.556. The fourth-order valence-electron chi connectivity index (χ4n) is 0.437. The summed E-state index contributed by atoms with van der Waals surface area (Å²) in [5, 5.41) is 8.36. The summed E-state index contributed by atoms with van der Waals surface area (Å²) in [7, 11) is 0. The van der Waals surface area contributed by atoms with Crippen LogP contribution in [0, 0.1) is 5.41 Å². The van der Waals surface area contributed by atoms with E-state index in [4.69, 9.17) is 5.11 Å². The first-order valence-electron chi connectivity index (χ1n) is 3.46. The highest BCUT2D eigenvalue weighted by atomic mass is 16.2. The predicted molar refractivity (Wildman–Crippen MR) is 45.0 cm³/mol. The molecule has 1 nitrogen and oxygen atoms in total. The second-order valence-corrected chi connectivity index (χ2v) is 3.44. The molecule has 0 aromatic heterocycles. The Balaban J connectivity index is 4.20. The predicted octanol–water partition coefficient (Wildman–Crippen LogP) is 3.05. The molecule has 58 valence electrons. The van der Waals surface area contributed by atoms with Crippen molar-refractivity contribution in [1.82, 2.24) is 0 Å². The van der Waals surface area contributed by atoms with E-state index in [-0.39, 0.29) is 5.41 Å². The molecular weight excluding hydrogens is 124 g/mol. The zero-order chi connectivity index (χ0) is 8.20. The van der Waals surface area contributed by atoms with Gasteiger partial charge in [-0.05, 0) is 18.4 Å². The lowest BCUT2D eigenvalue weighted by molar-refractivity contribution is 0.472. The van der Waals surface area contributed by atoms with Crippen molar-refractivity contribution in [3.8, 4) is 0 Å². The molecule has 1 N–H and O–H groups in total. The monoisotopic (exact) mass is 140 g/mol. The lowest BCUT2D eigenvalue weighted by Crippen LogP contribution is -2.05. The minimum atomic E-state index is 0.208. The Hall–Kier alpha value is -0.720. The summed E-state index contributed by atoms with van der Waals surface area (Å²) in [6.07, 6.45) is 4.61. The zero-order valence-electron chi connectivity index (χ0n) is 7.18. The topological polar surface area (TPSA) is 20.2 Å². The maximum atomic E-state index is 8.36. The molecule has 0 saturated carbocycles. The lowest BCUT2D eigenvalue weighted by Gasteiger charge is -2.18. The molecule has 0 fully saturated rings. The van der Waals surface area contributed by atoms with Gasteiger partial charge in [0.25, 0.3) is 0 Å². The Bertz CT molecular complexity index is 147. The normalized spacial score (nSPS) is 14.6. The van der Waals surface area contributed by atoms with Gasteiger partial charge in [-0.25, -0.2) is 0 Å². The average Bonchev–Trinajstić information content (AvgIpc) is 1.80. The van der Waals surface area contributed by atoms with E-state index in [0.29, 0.717) is 0 Å². The van der Waals surface area contributed by atoms with Gasteiger partial charge in [0.1, 0.15) is 0 Å². The third-order valence-corrected chi connectivity index (χ3v) is 1.62. The Labute approximate surface area is 63.1 Å². The third kappa shape index (κ3) is 3.33. The molecule has 0 aliphatic carbocycles. The Kier molecular flexibility index (Phi) is 3.20. The maximum absolute atomic E-state index is 8.36. The average molecular weight is 140 g/mol. The highest BCUT2D eigenvalue weighted by molar-refractivity contribution is 5.14. The molecule has 0 aromatic rings. The van der Waals surface area contributed by atoms with Gasteiger partial charge in [-0.1, -0.05) is 32.4 Å². The van der Waals surface area contributed by atoms with Gasteiger partial charge >= 0.3 is 0 Å². The van der Waals surface area contributed by atoms with Crippen molar-refractivity contribution in [2.24, 2.45) is 5.41 Å². The Morgan fingerprint density at radius 3 is 2.10 bits per heavy atom. The van der Waals surface area contributed by atoms with Gasteiger partial charge in [0.2, 0.25) is 0 Å². The Morgan fingerprint density at radius 2 is 1.80 bits per heavy atom. The van der Waals surface area contributed by atoms with E-state index in [1.807, 2.05) is 6.08 Å². The maximum Gasteiger partial charge on any atom is 0.0791 e. The number of allylic oxidation sites excluding steroid dienone is 3. The molecule has 0 aliphatic rings. The van der Waals surface area contributed by atoms with E-state index in [1.54, 1.807) is 6.08 Å². The van der Waals surface area contributed by atoms with Crippen molar-refractivity contribution in [2.45, 2.75) is 27.7 Å². The van der Waals surface area contributed by atoms with Crippen LogP contribution in [0.4, 0.5) is 0 Å². The molecule has 1 heteroatoms. The van der Waals surface area contributed by atoms with E-state index >= 15 is 0 Å². The first-order valence-corrected chi connectivity index (χ1v) is 3.46. The molecule has 0 radical (unpaired) electrons. The largest absolute Gasteiger partial charge is 0.516 e. The lowest BCUT2D eigenvalue weighted by atomic mass is 9.87. The summed E-state index contributed by atoms with van der Waals surface area (Å²) in [6, 6.07) is 0. The molecule has 0 rings (SSSR count). The molecule has 0 bridgehead atoms. The van der Waals surface area contributed by atoms with Crippen LogP contribution >= 0.6 is 0 Å². The zero-order valence-corrected chi connectivity index (χ0v) is 7.18. The van der Waals surface area contributed by atoms with Gasteiger partial charge < -0.3 is 5.11 Å². The summed E-state index contributed by atoms with van der Waals surface area (Å²) in [4.78, 5) is 0. The SMILES string of the molecule is C/C(=C\C=C\O)C(C)(C)C. The van der Waals surface area contributed by atoms with E-state index < -0.39 is 0 Å². The van der Waals surface area contributed by atoms with Gasteiger partial charge in [0, 0.05) is 0 Å². The summed E-state index contributed by atoms with van der Waals surface area (Å²) in [6.45, 7) is 8.48. The van der Waals surface area contributed by atoms with Crippen LogP contribution < -0.4 is 0 Å². The van der Waals surface area contributed by atoms with Gasteiger partial charge in [0.05, 0.1) is 6.26 Å². The van der Waals surface area contributed by atoms with Crippen LogP contribution in [0.15, 0.2) is 24.0 Å². The third-order valence-electron chi connectivity index (χ3n) is 1.62. The van der Waals surface area contributed by atoms with Crippen LogP contribution in [-0.4, -0.2) is 5.11 Å². The Morgan fingerprint density at radius 1 is 1.30 bits per heavy atom. The summed E-state index contributed by atoms with van der Waals surface area (Å²) in [5.74, 6) is 0. The van der Waals surface area contributed by atoms with Crippen molar-refractivity contribution in [3.05, 3.63) is 24.0 Å². The van der Waals surface area contributed by atoms with Crippen LogP contribution in [0.25, 0.3) is 0 Å². The molecule has 0 saturated heterocycles. The highest BCUT2D eigenvalue weighted by Crippen LogP contribution is 2.23.